The second kappa shape index (κ2) is 12.1. The Morgan fingerprint density at radius 3 is 2.55 bits per heavy atom. The minimum Gasteiger partial charge on any atom is -0.497 e. The van der Waals surface area contributed by atoms with Crippen LogP contribution >= 0.6 is 0 Å². The molecule has 0 spiro atoms. The van der Waals surface area contributed by atoms with Crippen LogP contribution in [0.3, 0.4) is 0 Å². The normalized spacial score (nSPS) is 16.7. The number of hydrogen-bond acceptors (Lipinski definition) is 8. The van der Waals surface area contributed by atoms with E-state index in [1.54, 1.807) is 43.8 Å². The summed E-state index contributed by atoms with van der Waals surface area (Å²) < 4.78 is 7.16. The van der Waals surface area contributed by atoms with E-state index in [0.717, 1.165) is 42.8 Å². The molecule has 2 heterocycles. The van der Waals surface area contributed by atoms with Gasteiger partial charge < -0.3 is 30.4 Å². The van der Waals surface area contributed by atoms with Crippen molar-refractivity contribution in [2.75, 3.05) is 23.1 Å². The van der Waals surface area contributed by atoms with E-state index in [4.69, 9.17) is 14.7 Å². The van der Waals surface area contributed by atoms with Crippen molar-refractivity contribution in [2.45, 2.75) is 57.7 Å². The van der Waals surface area contributed by atoms with Gasteiger partial charge >= 0.3 is 5.91 Å². The summed E-state index contributed by atoms with van der Waals surface area (Å²) in [4.78, 5) is 26.6. The van der Waals surface area contributed by atoms with E-state index in [-0.39, 0.29) is 18.2 Å². The van der Waals surface area contributed by atoms with Crippen molar-refractivity contribution in [3.63, 3.8) is 0 Å². The maximum absolute atomic E-state index is 12.5. The van der Waals surface area contributed by atoms with Crippen LogP contribution in [-0.4, -0.2) is 49.8 Å². The van der Waals surface area contributed by atoms with Gasteiger partial charge in [-0.15, -0.1) is 0 Å². The number of aliphatic hydroxyl groups excluding tert-OH is 1. The average molecular weight is 540 g/mol. The quantitative estimate of drug-likeness (QED) is 0.245. The minimum absolute atomic E-state index is 0.169. The first kappa shape index (κ1) is 27.0. The fourth-order valence-electron chi connectivity index (χ4n) is 4.63. The van der Waals surface area contributed by atoms with Gasteiger partial charge in [-0.25, -0.2) is 4.98 Å². The summed E-state index contributed by atoms with van der Waals surface area (Å²) in [6, 6.07) is 14.9. The lowest BCUT2D eigenvalue weighted by molar-refractivity contribution is -0.111. The number of aliphatic hydroxyl groups is 1. The molecular formula is C30H33N7O3. The van der Waals surface area contributed by atoms with E-state index in [1.165, 1.54) is 0 Å². The van der Waals surface area contributed by atoms with Gasteiger partial charge in [0, 0.05) is 34.9 Å². The first-order valence-electron chi connectivity index (χ1n) is 13.4. The number of benzene rings is 2. The molecule has 2 aromatic heterocycles. The summed E-state index contributed by atoms with van der Waals surface area (Å²) in [5, 5.41) is 19.5. The van der Waals surface area contributed by atoms with E-state index in [2.05, 4.69) is 46.6 Å². The van der Waals surface area contributed by atoms with Gasteiger partial charge in [0.1, 0.15) is 5.75 Å². The average Bonchev–Trinajstić information content (AvgIpc) is 3.38. The van der Waals surface area contributed by atoms with E-state index >= 15 is 0 Å². The third-order valence-electron chi connectivity index (χ3n) is 6.80. The van der Waals surface area contributed by atoms with Gasteiger partial charge in [0.15, 0.2) is 17.0 Å². The van der Waals surface area contributed by atoms with Gasteiger partial charge in [0.05, 0.1) is 19.5 Å². The zero-order chi connectivity index (χ0) is 28.1. The summed E-state index contributed by atoms with van der Waals surface area (Å²) in [6.07, 6.45) is 4.78. The van der Waals surface area contributed by atoms with Gasteiger partial charge in [-0.2, -0.15) is 9.97 Å². The number of amides is 1. The largest absolute Gasteiger partial charge is 0.497 e. The number of carbonyl (C=O) groups is 1. The topological polar surface area (TPSA) is 126 Å². The third kappa shape index (κ3) is 6.50. The lowest BCUT2D eigenvalue weighted by Gasteiger charge is -2.26. The number of aromatic nitrogens is 4. The Hall–Kier alpha value is -4.62. The van der Waals surface area contributed by atoms with Crippen LogP contribution in [-0.2, 0) is 4.79 Å². The number of nitrogens with one attached hydrogen (secondary N) is 3. The molecule has 0 saturated heterocycles. The highest BCUT2D eigenvalue weighted by Crippen LogP contribution is 2.28. The van der Waals surface area contributed by atoms with E-state index < -0.39 is 5.91 Å². The van der Waals surface area contributed by atoms with Crippen LogP contribution in [0.5, 0.6) is 5.75 Å². The van der Waals surface area contributed by atoms with Gasteiger partial charge in [-0.3, -0.25) is 4.79 Å². The molecule has 1 aliphatic rings. The number of hydrogen-bond donors (Lipinski definition) is 4. The molecule has 0 radical (unpaired) electrons. The zero-order valence-electron chi connectivity index (χ0n) is 22.8. The Balaban J connectivity index is 1.35. The Morgan fingerprint density at radius 1 is 1.07 bits per heavy atom. The van der Waals surface area contributed by atoms with Crippen LogP contribution in [0.1, 0.15) is 51.1 Å². The smallest absolute Gasteiger partial charge is 0.300 e. The second-order valence-electron chi connectivity index (χ2n) is 10.1. The van der Waals surface area contributed by atoms with Crippen molar-refractivity contribution in [3.8, 4) is 17.6 Å². The fourth-order valence-corrected chi connectivity index (χ4v) is 4.63. The molecule has 2 aromatic carbocycles. The molecule has 4 N–H and O–H groups in total. The van der Waals surface area contributed by atoms with Gasteiger partial charge in [-0.05, 0) is 82.0 Å². The molecule has 0 bridgehead atoms. The number of carbonyl (C=O) groups excluding carboxylic acids is 1. The predicted octanol–water partition coefficient (Wildman–Crippen LogP) is 4.87. The standard InChI is InChI=1S/C30H33N7O3/c1-19(2)37-18-31-27-28(35-30(36-29(27)37)34-21-10-12-24(38)13-11-21)33-23-6-4-5-22(17-23)32-26(39)16-9-20-7-14-25(40-3)15-8-20/h4-8,14-15,17-19,21,24,38H,10-13H2,1-3H3,(H,32,39)(H2,33,34,35,36). The highest BCUT2D eigenvalue weighted by molar-refractivity contribution is 6.04. The number of nitrogens with zero attached hydrogens (tertiary/aromatic N) is 4. The molecule has 0 aliphatic heterocycles. The number of ether oxygens (including phenoxy) is 1. The Kier molecular flexibility index (Phi) is 8.12. The van der Waals surface area contributed by atoms with Crippen molar-refractivity contribution >= 4 is 40.2 Å². The first-order valence-corrected chi connectivity index (χ1v) is 13.4. The fraction of sp³-hybridized carbons (Fsp3) is 0.333. The Labute approximate surface area is 233 Å². The van der Waals surface area contributed by atoms with Gasteiger partial charge in [-0.1, -0.05) is 12.0 Å². The number of fused-ring (bicyclic) bond motifs is 1. The maximum Gasteiger partial charge on any atom is 0.300 e. The zero-order valence-corrected chi connectivity index (χ0v) is 22.8. The molecule has 1 aliphatic carbocycles. The lowest BCUT2D eigenvalue weighted by atomic mass is 9.93. The van der Waals surface area contributed by atoms with Crippen molar-refractivity contribution in [1.29, 1.82) is 0 Å². The maximum atomic E-state index is 12.5. The molecule has 4 aromatic rings. The van der Waals surface area contributed by atoms with Crippen molar-refractivity contribution < 1.29 is 14.6 Å². The highest BCUT2D eigenvalue weighted by Gasteiger charge is 2.22. The van der Waals surface area contributed by atoms with Crippen LogP contribution in [0.4, 0.5) is 23.1 Å². The molecule has 10 heteroatoms. The molecule has 40 heavy (non-hydrogen) atoms. The second-order valence-corrected chi connectivity index (χ2v) is 10.1. The molecule has 5 rings (SSSR count). The van der Waals surface area contributed by atoms with E-state index in [9.17, 15) is 9.90 Å². The summed E-state index contributed by atoms with van der Waals surface area (Å²) >= 11 is 0. The van der Waals surface area contributed by atoms with E-state index in [1.807, 2.05) is 22.8 Å². The summed E-state index contributed by atoms with van der Waals surface area (Å²) in [6.45, 7) is 4.16. The van der Waals surface area contributed by atoms with Crippen molar-refractivity contribution in [1.82, 2.24) is 19.5 Å². The molecule has 1 amide bonds. The minimum atomic E-state index is -0.419. The summed E-state index contributed by atoms with van der Waals surface area (Å²) in [7, 11) is 1.60. The predicted molar refractivity (Wildman–Crippen MR) is 156 cm³/mol. The number of rotatable bonds is 7. The number of anilines is 4. The molecule has 0 unspecified atom stereocenters. The molecular weight excluding hydrogens is 506 g/mol. The van der Waals surface area contributed by atoms with Crippen LogP contribution in [0.25, 0.3) is 11.2 Å². The van der Waals surface area contributed by atoms with Crippen LogP contribution in [0.2, 0.25) is 0 Å². The highest BCUT2D eigenvalue weighted by atomic mass is 16.5. The molecule has 206 valence electrons. The van der Waals surface area contributed by atoms with Crippen LogP contribution in [0.15, 0.2) is 54.9 Å². The van der Waals surface area contributed by atoms with Crippen molar-refractivity contribution in [3.05, 3.63) is 60.4 Å². The van der Waals surface area contributed by atoms with Crippen LogP contribution < -0.4 is 20.7 Å². The Bertz CT molecular complexity index is 1550. The van der Waals surface area contributed by atoms with E-state index in [0.29, 0.717) is 28.5 Å². The third-order valence-corrected chi connectivity index (χ3v) is 6.80. The number of imidazole rings is 1. The summed E-state index contributed by atoms with van der Waals surface area (Å²) in [5.74, 6) is 6.87. The van der Waals surface area contributed by atoms with Gasteiger partial charge in [0.2, 0.25) is 5.95 Å². The summed E-state index contributed by atoms with van der Waals surface area (Å²) in [5.41, 5.74) is 3.42. The van der Waals surface area contributed by atoms with Crippen LogP contribution in [0, 0.1) is 11.8 Å². The molecule has 1 saturated carbocycles. The van der Waals surface area contributed by atoms with Gasteiger partial charge in [0.25, 0.3) is 0 Å². The molecule has 1 fully saturated rings. The SMILES string of the molecule is COc1ccc(C#CC(=O)Nc2cccc(Nc3nc(NC4CCC(O)CC4)nc4c3ncn4C(C)C)c2)cc1. The molecule has 0 atom stereocenters. The number of methoxy groups -OCH3 is 1. The monoisotopic (exact) mass is 539 g/mol. The first-order chi connectivity index (χ1) is 19.4. The Morgan fingerprint density at radius 2 is 1.82 bits per heavy atom. The van der Waals surface area contributed by atoms with Crippen molar-refractivity contribution in [2.24, 2.45) is 0 Å². The lowest BCUT2D eigenvalue weighted by Crippen LogP contribution is -2.29. The molecule has 10 nitrogen and oxygen atoms in total.